The van der Waals surface area contributed by atoms with Crippen LogP contribution in [0.2, 0.25) is 0 Å². The number of thiol groups is 1. The third-order valence-corrected chi connectivity index (χ3v) is 2.00. The average molecular weight is 147 g/mol. The van der Waals surface area contributed by atoms with E-state index in [1.165, 1.54) is 12.8 Å². The lowest BCUT2D eigenvalue weighted by molar-refractivity contribution is 0.646. The SMILES string of the molecule is CCNCCC(S)CC. The van der Waals surface area contributed by atoms with Gasteiger partial charge in [-0.2, -0.15) is 12.6 Å². The molecule has 56 valence electrons. The summed E-state index contributed by atoms with van der Waals surface area (Å²) in [5.74, 6) is 0. The smallest absolute Gasteiger partial charge is 0.00262 e. The average Bonchev–Trinajstić information content (AvgIpc) is 1.89. The molecule has 1 unspecified atom stereocenters. The highest BCUT2D eigenvalue weighted by Crippen LogP contribution is 2.03. The van der Waals surface area contributed by atoms with E-state index in [0.717, 1.165) is 13.1 Å². The zero-order valence-corrected chi connectivity index (χ0v) is 7.25. The lowest BCUT2D eigenvalue weighted by Crippen LogP contribution is -2.17. The molecule has 0 saturated carbocycles. The second-order valence-electron chi connectivity index (χ2n) is 2.20. The van der Waals surface area contributed by atoms with Gasteiger partial charge >= 0.3 is 0 Å². The summed E-state index contributed by atoms with van der Waals surface area (Å²) in [6.45, 7) is 6.48. The van der Waals surface area contributed by atoms with E-state index in [0.29, 0.717) is 5.25 Å². The molecule has 2 heteroatoms. The van der Waals surface area contributed by atoms with Gasteiger partial charge in [0.05, 0.1) is 0 Å². The van der Waals surface area contributed by atoms with Crippen LogP contribution >= 0.6 is 12.6 Å². The second-order valence-corrected chi connectivity index (χ2v) is 2.93. The van der Waals surface area contributed by atoms with Crippen molar-refractivity contribution in [3.8, 4) is 0 Å². The Labute approximate surface area is 63.6 Å². The molecule has 0 aliphatic rings. The normalized spacial score (nSPS) is 13.7. The second kappa shape index (κ2) is 6.43. The first-order valence-corrected chi connectivity index (χ1v) is 4.21. The molecule has 0 bridgehead atoms. The van der Waals surface area contributed by atoms with Gasteiger partial charge in [0, 0.05) is 5.25 Å². The molecule has 9 heavy (non-hydrogen) atoms. The Balaban J connectivity index is 2.88. The van der Waals surface area contributed by atoms with Gasteiger partial charge in [0.15, 0.2) is 0 Å². The van der Waals surface area contributed by atoms with Crippen LogP contribution in [0.1, 0.15) is 26.7 Å². The summed E-state index contributed by atoms with van der Waals surface area (Å²) < 4.78 is 0. The van der Waals surface area contributed by atoms with Crippen LogP contribution in [-0.4, -0.2) is 18.3 Å². The molecule has 0 spiro atoms. The molecule has 1 nitrogen and oxygen atoms in total. The van der Waals surface area contributed by atoms with Gasteiger partial charge in [-0.1, -0.05) is 13.8 Å². The van der Waals surface area contributed by atoms with Crippen LogP contribution < -0.4 is 5.32 Å². The predicted molar refractivity (Wildman–Crippen MR) is 46.2 cm³/mol. The van der Waals surface area contributed by atoms with E-state index in [1.54, 1.807) is 0 Å². The van der Waals surface area contributed by atoms with Crippen molar-refractivity contribution in [1.29, 1.82) is 0 Å². The molecule has 0 rings (SSSR count). The Morgan fingerprint density at radius 2 is 2.11 bits per heavy atom. The fourth-order valence-corrected chi connectivity index (χ4v) is 0.779. The van der Waals surface area contributed by atoms with Crippen molar-refractivity contribution in [2.24, 2.45) is 0 Å². The van der Waals surface area contributed by atoms with Crippen molar-refractivity contribution < 1.29 is 0 Å². The molecule has 0 amide bonds. The molecule has 0 aromatic rings. The van der Waals surface area contributed by atoms with Gasteiger partial charge in [-0.05, 0) is 25.9 Å². The molecule has 0 aliphatic heterocycles. The molecule has 0 fully saturated rings. The monoisotopic (exact) mass is 147 g/mol. The van der Waals surface area contributed by atoms with Crippen molar-refractivity contribution in [3.63, 3.8) is 0 Å². The molecule has 0 radical (unpaired) electrons. The van der Waals surface area contributed by atoms with Gasteiger partial charge in [-0.3, -0.25) is 0 Å². The minimum atomic E-state index is 0.587. The van der Waals surface area contributed by atoms with Gasteiger partial charge in [0.2, 0.25) is 0 Å². The maximum absolute atomic E-state index is 4.36. The maximum atomic E-state index is 4.36. The summed E-state index contributed by atoms with van der Waals surface area (Å²) in [7, 11) is 0. The van der Waals surface area contributed by atoms with E-state index in [1.807, 2.05) is 0 Å². The van der Waals surface area contributed by atoms with E-state index in [-0.39, 0.29) is 0 Å². The van der Waals surface area contributed by atoms with Crippen molar-refractivity contribution in [2.75, 3.05) is 13.1 Å². The molecule has 0 saturated heterocycles. The predicted octanol–water partition coefficient (Wildman–Crippen LogP) is 1.69. The summed E-state index contributed by atoms with van der Waals surface area (Å²) in [5.41, 5.74) is 0. The first kappa shape index (κ1) is 9.31. The van der Waals surface area contributed by atoms with E-state index in [4.69, 9.17) is 0 Å². The minimum absolute atomic E-state index is 0.587. The van der Waals surface area contributed by atoms with Crippen LogP contribution in [0.3, 0.4) is 0 Å². The molecular formula is C7H17NS. The zero-order valence-electron chi connectivity index (χ0n) is 6.35. The van der Waals surface area contributed by atoms with Crippen LogP contribution in [0.25, 0.3) is 0 Å². The lowest BCUT2D eigenvalue weighted by atomic mass is 10.2. The highest BCUT2D eigenvalue weighted by molar-refractivity contribution is 7.80. The summed E-state index contributed by atoms with van der Waals surface area (Å²) in [4.78, 5) is 0. The molecule has 1 atom stereocenters. The van der Waals surface area contributed by atoms with Crippen molar-refractivity contribution in [2.45, 2.75) is 31.9 Å². The van der Waals surface area contributed by atoms with Gasteiger partial charge in [0.25, 0.3) is 0 Å². The number of hydrogen-bond donors (Lipinski definition) is 2. The minimum Gasteiger partial charge on any atom is -0.317 e. The zero-order chi connectivity index (χ0) is 7.11. The highest BCUT2D eigenvalue weighted by atomic mass is 32.1. The first-order chi connectivity index (χ1) is 4.31. The van der Waals surface area contributed by atoms with Crippen molar-refractivity contribution in [1.82, 2.24) is 5.32 Å². The Hall–Kier alpha value is 0.310. The van der Waals surface area contributed by atoms with Gasteiger partial charge < -0.3 is 5.32 Å². The summed E-state index contributed by atoms with van der Waals surface area (Å²) in [6, 6.07) is 0. The van der Waals surface area contributed by atoms with Crippen LogP contribution in [0.15, 0.2) is 0 Å². The molecule has 0 aromatic carbocycles. The van der Waals surface area contributed by atoms with E-state index < -0.39 is 0 Å². The summed E-state index contributed by atoms with van der Waals surface area (Å²) in [6.07, 6.45) is 2.36. The molecule has 1 N–H and O–H groups in total. The largest absolute Gasteiger partial charge is 0.317 e. The molecular weight excluding hydrogens is 130 g/mol. The van der Waals surface area contributed by atoms with Crippen LogP contribution in [0.5, 0.6) is 0 Å². The number of nitrogens with one attached hydrogen (secondary N) is 1. The van der Waals surface area contributed by atoms with E-state index in [2.05, 4.69) is 31.8 Å². The summed E-state index contributed by atoms with van der Waals surface area (Å²) in [5, 5.41) is 3.85. The van der Waals surface area contributed by atoms with E-state index >= 15 is 0 Å². The Morgan fingerprint density at radius 3 is 2.56 bits per heavy atom. The fourth-order valence-electron chi connectivity index (χ4n) is 0.650. The quantitative estimate of drug-likeness (QED) is 0.445. The third kappa shape index (κ3) is 6.19. The number of rotatable bonds is 5. The highest BCUT2D eigenvalue weighted by Gasteiger charge is 1.96. The van der Waals surface area contributed by atoms with Crippen LogP contribution in [0, 0.1) is 0 Å². The van der Waals surface area contributed by atoms with Gasteiger partial charge in [-0.25, -0.2) is 0 Å². The fraction of sp³-hybridized carbons (Fsp3) is 1.00. The van der Waals surface area contributed by atoms with Crippen molar-refractivity contribution in [3.05, 3.63) is 0 Å². The van der Waals surface area contributed by atoms with E-state index in [9.17, 15) is 0 Å². The maximum Gasteiger partial charge on any atom is 0.00262 e. The summed E-state index contributed by atoms with van der Waals surface area (Å²) >= 11 is 4.36. The number of hydrogen-bond acceptors (Lipinski definition) is 2. The lowest BCUT2D eigenvalue weighted by Gasteiger charge is -2.06. The first-order valence-electron chi connectivity index (χ1n) is 3.70. The Morgan fingerprint density at radius 1 is 1.44 bits per heavy atom. The Kier molecular flexibility index (Phi) is 6.65. The standard InChI is InChI=1S/C7H17NS/c1-3-7(9)5-6-8-4-2/h7-9H,3-6H2,1-2H3. The van der Waals surface area contributed by atoms with Crippen LogP contribution in [0.4, 0.5) is 0 Å². The third-order valence-electron chi connectivity index (χ3n) is 1.38. The van der Waals surface area contributed by atoms with Crippen LogP contribution in [-0.2, 0) is 0 Å². The molecule has 0 aliphatic carbocycles. The van der Waals surface area contributed by atoms with Gasteiger partial charge in [0.1, 0.15) is 0 Å². The van der Waals surface area contributed by atoms with Crippen molar-refractivity contribution >= 4 is 12.6 Å². The molecule has 0 aromatic heterocycles. The molecule has 0 heterocycles. The Bertz CT molecular complexity index is 56.9. The topological polar surface area (TPSA) is 12.0 Å². The van der Waals surface area contributed by atoms with Gasteiger partial charge in [-0.15, -0.1) is 0 Å².